The number of piperidine rings is 1. The van der Waals surface area contributed by atoms with Crippen LogP contribution in [0.2, 0.25) is 5.28 Å². The van der Waals surface area contributed by atoms with Gasteiger partial charge in [-0.2, -0.15) is 0 Å². The first-order valence-corrected chi connectivity index (χ1v) is 8.25. The molecule has 23 heavy (non-hydrogen) atoms. The molecule has 0 radical (unpaired) electrons. The van der Waals surface area contributed by atoms with Crippen LogP contribution in [0.5, 0.6) is 0 Å². The molecule has 2 heterocycles. The van der Waals surface area contributed by atoms with E-state index in [0.717, 1.165) is 37.4 Å². The summed E-state index contributed by atoms with van der Waals surface area (Å²) in [6.07, 6.45) is 1.48. The van der Waals surface area contributed by atoms with Crippen molar-refractivity contribution in [2.75, 3.05) is 25.0 Å². The van der Waals surface area contributed by atoms with Crippen LogP contribution in [0.3, 0.4) is 0 Å². The largest absolute Gasteiger partial charge is 0.444 e. The molecule has 1 aliphatic rings. The van der Waals surface area contributed by atoms with Gasteiger partial charge in [0.15, 0.2) is 0 Å². The lowest BCUT2D eigenvalue weighted by atomic mass is 10.0. The minimum atomic E-state index is -0.471. The average Bonchev–Trinajstić information content (AvgIpc) is 2.44. The monoisotopic (exact) mass is 340 g/mol. The highest BCUT2D eigenvalue weighted by Gasteiger charge is 2.29. The molecule has 1 fully saturated rings. The van der Waals surface area contributed by atoms with Gasteiger partial charge in [0.1, 0.15) is 11.4 Å². The van der Waals surface area contributed by atoms with Crippen LogP contribution in [0.25, 0.3) is 0 Å². The Labute approximate surface area is 142 Å². The first-order valence-electron chi connectivity index (χ1n) is 7.87. The summed E-state index contributed by atoms with van der Waals surface area (Å²) < 4.78 is 5.43. The summed E-state index contributed by atoms with van der Waals surface area (Å²) in [6.45, 7) is 9.18. The molecule has 0 N–H and O–H groups in total. The van der Waals surface area contributed by atoms with Gasteiger partial charge in [-0.25, -0.2) is 14.8 Å². The summed E-state index contributed by atoms with van der Waals surface area (Å²) in [5.41, 5.74) is 0.384. The second kappa shape index (κ2) is 6.91. The molecule has 0 unspecified atom stereocenters. The first-order chi connectivity index (χ1) is 10.7. The number of anilines is 1. The standard InChI is InChI=1S/C16H25ClN4O2/c1-11-10-13(19-14(17)18-11)21-8-6-12(7-9-21)20(5)15(22)23-16(2,3)4/h10,12H,6-9H2,1-5H3. The lowest BCUT2D eigenvalue weighted by Gasteiger charge is -2.37. The fourth-order valence-electron chi connectivity index (χ4n) is 2.64. The van der Waals surface area contributed by atoms with Gasteiger partial charge < -0.3 is 14.5 Å². The van der Waals surface area contributed by atoms with Crippen LogP contribution in [-0.4, -0.2) is 52.7 Å². The molecule has 0 atom stereocenters. The number of carbonyl (C=O) groups excluding carboxylic acids is 1. The molecule has 1 amide bonds. The zero-order chi connectivity index (χ0) is 17.2. The summed E-state index contributed by atoms with van der Waals surface area (Å²) in [5.74, 6) is 0.848. The average molecular weight is 341 g/mol. The predicted molar refractivity (Wildman–Crippen MR) is 91.0 cm³/mol. The highest BCUT2D eigenvalue weighted by atomic mass is 35.5. The van der Waals surface area contributed by atoms with Gasteiger partial charge in [-0.1, -0.05) is 0 Å². The van der Waals surface area contributed by atoms with E-state index in [1.165, 1.54) is 0 Å². The molecule has 128 valence electrons. The second-order valence-corrected chi connectivity index (χ2v) is 7.28. The van der Waals surface area contributed by atoms with Crippen LogP contribution < -0.4 is 4.90 Å². The fourth-order valence-corrected chi connectivity index (χ4v) is 2.86. The Kier molecular flexibility index (Phi) is 5.34. The number of nitrogens with zero attached hydrogens (tertiary/aromatic N) is 4. The molecule has 0 saturated carbocycles. The number of rotatable bonds is 2. The van der Waals surface area contributed by atoms with E-state index in [1.807, 2.05) is 33.8 Å². The van der Waals surface area contributed by atoms with Gasteiger partial charge in [-0.05, 0) is 52.1 Å². The van der Waals surface area contributed by atoms with E-state index >= 15 is 0 Å². The second-order valence-electron chi connectivity index (χ2n) is 6.95. The minimum absolute atomic E-state index is 0.180. The maximum Gasteiger partial charge on any atom is 0.410 e. The van der Waals surface area contributed by atoms with Gasteiger partial charge in [0.25, 0.3) is 0 Å². The third-order valence-corrected chi connectivity index (χ3v) is 4.00. The highest BCUT2D eigenvalue weighted by molar-refractivity contribution is 6.28. The smallest absolute Gasteiger partial charge is 0.410 e. The number of hydrogen-bond acceptors (Lipinski definition) is 5. The van der Waals surface area contributed by atoms with Crippen molar-refractivity contribution in [3.63, 3.8) is 0 Å². The molecule has 0 spiro atoms. The molecule has 0 aliphatic carbocycles. The Hall–Kier alpha value is -1.56. The quantitative estimate of drug-likeness (QED) is 0.773. The van der Waals surface area contributed by atoms with Crippen LogP contribution in [0.15, 0.2) is 6.07 Å². The van der Waals surface area contributed by atoms with Gasteiger partial charge in [0.2, 0.25) is 5.28 Å². The van der Waals surface area contributed by atoms with Gasteiger partial charge in [0.05, 0.1) is 0 Å². The van der Waals surface area contributed by atoms with Crippen molar-refractivity contribution in [2.45, 2.75) is 52.2 Å². The van der Waals surface area contributed by atoms with Gasteiger partial charge in [0, 0.05) is 37.9 Å². The van der Waals surface area contributed by atoms with E-state index < -0.39 is 5.60 Å². The Morgan fingerprint density at radius 1 is 1.35 bits per heavy atom. The molecule has 6 nitrogen and oxygen atoms in total. The summed E-state index contributed by atoms with van der Waals surface area (Å²) in [6, 6.07) is 2.11. The molecule has 0 aromatic carbocycles. The zero-order valence-corrected chi connectivity index (χ0v) is 15.2. The maximum absolute atomic E-state index is 12.2. The Bertz CT molecular complexity index is 545. The molecular weight excluding hydrogens is 316 g/mol. The number of ether oxygens (including phenoxy) is 1. The van der Waals surface area contributed by atoms with Crippen LogP contribution in [0.4, 0.5) is 10.6 Å². The summed E-state index contributed by atoms with van der Waals surface area (Å²) in [7, 11) is 1.81. The number of carbonyl (C=O) groups is 1. The Balaban J connectivity index is 1.94. The molecule has 0 bridgehead atoms. The van der Waals surface area contributed by atoms with Crippen LogP contribution in [-0.2, 0) is 4.74 Å². The van der Waals surface area contributed by atoms with Crippen molar-refractivity contribution in [3.8, 4) is 0 Å². The van der Waals surface area contributed by atoms with E-state index in [0.29, 0.717) is 0 Å². The fraction of sp³-hybridized carbons (Fsp3) is 0.688. The van der Waals surface area contributed by atoms with E-state index in [1.54, 1.807) is 11.9 Å². The number of aromatic nitrogens is 2. The third kappa shape index (κ3) is 4.96. The number of hydrogen-bond donors (Lipinski definition) is 0. The number of amides is 1. The molecule has 7 heteroatoms. The minimum Gasteiger partial charge on any atom is -0.444 e. The van der Waals surface area contributed by atoms with Gasteiger partial charge >= 0.3 is 6.09 Å². The summed E-state index contributed by atoms with van der Waals surface area (Å²) >= 11 is 5.93. The molecule has 1 saturated heterocycles. The SMILES string of the molecule is Cc1cc(N2CCC(N(C)C(=O)OC(C)(C)C)CC2)nc(Cl)n1. The lowest BCUT2D eigenvalue weighted by Crippen LogP contribution is -2.47. The first kappa shape index (κ1) is 17.8. The van der Waals surface area contributed by atoms with Crippen molar-refractivity contribution in [1.82, 2.24) is 14.9 Å². The van der Waals surface area contributed by atoms with Crippen molar-refractivity contribution < 1.29 is 9.53 Å². The van der Waals surface area contributed by atoms with Crippen molar-refractivity contribution in [2.24, 2.45) is 0 Å². The van der Waals surface area contributed by atoms with E-state index in [-0.39, 0.29) is 17.4 Å². The van der Waals surface area contributed by atoms with E-state index in [2.05, 4.69) is 14.9 Å². The third-order valence-electron chi connectivity index (χ3n) is 3.83. The summed E-state index contributed by atoms with van der Waals surface area (Å²) in [4.78, 5) is 24.4. The van der Waals surface area contributed by atoms with Gasteiger partial charge in [-0.3, -0.25) is 0 Å². The molecule has 1 aromatic rings. The molecule has 2 rings (SSSR count). The topological polar surface area (TPSA) is 58.6 Å². The van der Waals surface area contributed by atoms with Gasteiger partial charge in [-0.15, -0.1) is 0 Å². The van der Waals surface area contributed by atoms with Crippen LogP contribution >= 0.6 is 11.6 Å². The van der Waals surface area contributed by atoms with E-state index in [4.69, 9.17) is 16.3 Å². The predicted octanol–water partition coefficient (Wildman–Crippen LogP) is 3.27. The maximum atomic E-state index is 12.2. The Morgan fingerprint density at radius 3 is 2.48 bits per heavy atom. The number of aryl methyl sites for hydroxylation is 1. The molecule has 1 aliphatic heterocycles. The van der Waals surface area contributed by atoms with Crippen LogP contribution in [0, 0.1) is 6.92 Å². The highest BCUT2D eigenvalue weighted by Crippen LogP contribution is 2.23. The van der Waals surface area contributed by atoms with Crippen LogP contribution in [0.1, 0.15) is 39.3 Å². The molecular formula is C16H25ClN4O2. The van der Waals surface area contributed by atoms with Crippen molar-refractivity contribution >= 4 is 23.5 Å². The van der Waals surface area contributed by atoms with Crippen molar-refractivity contribution in [3.05, 3.63) is 17.0 Å². The normalized spacial score (nSPS) is 16.3. The molecule has 1 aromatic heterocycles. The summed E-state index contributed by atoms with van der Waals surface area (Å²) in [5, 5.41) is 0.271. The lowest BCUT2D eigenvalue weighted by molar-refractivity contribution is 0.0201. The Morgan fingerprint density at radius 2 is 1.96 bits per heavy atom. The number of halogens is 1. The zero-order valence-electron chi connectivity index (χ0n) is 14.5. The van der Waals surface area contributed by atoms with Crippen molar-refractivity contribution in [1.29, 1.82) is 0 Å². The van der Waals surface area contributed by atoms with E-state index in [9.17, 15) is 4.79 Å².